The van der Waals surface area contributed by atoms with Gasteiger partial charge in [0, 0.05) is 17.3 Å². The van der Waals surface area contributed by atoms with Crippen LogP contribution in [0.2, 0.25) is 0 Å². The summed E-state index contributed by atoms with van der Waals surface area (Å²) in [6, 6.07) is 0. The lowest BCUT2D eigenvalue weighted by molar-refractivity contribution is -0.251. The predicted molar refractivity (Wildman–Crippen MR) is 89.6 cm³/mol. The van der Waals surface area contributed by atoms with Crippen LogP contribution in [0.3, 0.4) is 0 Å². The smallest absolute Gasteiger partial charge is 0.320 e. The first-order valence-electron chi connectivity index (χ1n) is 9.58. The lowest BCUT2D eigenvalue weighted by Crippen LogP contribution is -2.70. The molecule has 0 amide bonds. The molecule has 6 heteroatoms. The van der Waals surface area contributed by atoms with Gasteiger partial charge in [0.25, 0.3) is 0 Å². The van der Waals surface area contributed by atoms with Gasteiger partial charge in [0.05, 0.1) is 12.7 Å². The zero-order valence-corrected chi connectivity index (χ0v) is 15.2. The molecule has 0 radical (unpaired) electrons. The topological polar surface area (TPSA) is 93.1 Å². The van der Waals surface area contributed by atoms with E-state index in [1.165, 1.54) is 0 Å². The average molecular weight is 362 g/mol. The van der Waals surface area contributed by atoms with Gasteiger partial charge in [0.1, 0.15) is 11.5 Å². The maximum absolute atomic E-state index is 13.2. The fourth-order valence-corrected chi connectivity index (χ4v) is 7.35. The summed E-state index contributed by atoms with van der Waals surface area (Å²) in [5, 5.41) is 21.8. The highest BCUT2D eigenvalue weighted by molar-refractivity contribution is 6.15. The Morgan fingerprint density at radius 3 is 2.65 bits per heavy atom. The Morgan fingerprint density at radius 1 is 1.19 bits per heavy atom. The number of rotatable bonds is 0. The van der Waals surface area contributed by atoms with E-state index in [-0.39, 0.29) is 29.6 Å². The summed E-state index contributed by atoms with van der Waals surface area (Å²) in [4.78, 5) is 26.3. The molecule has 142 valence electrons. The Kier molecular flexibility index (Phi) is 3.10. The molecule has 2 saturated heterocycles. The van der Waals surface area contributed by atoms with Gasteiger partial charge in [-0.2, -0.15) is 0 Å². The van der Waals surface area contributed by atoms with E-state index in [2.05, 4.69) is 20.4 Å². The Labute approximate surface area is 152 Å². The molecule has 2 spiro atoms. The zero-order chi connectivity index (χ0) is 18.6. The summed E-state index contributed by atoms with van der Waals surface area (Å²) < 4.78 is 11.6. The molecule has 2 heterocycles. The number of aliphatic hydroxyl groups excluding tert-OH is 2. The van der Waals surface area contributed by atoms with E-state index in [1.807, 2.05) is 0 Å². The number of carbonyl (C=O) groups is 2. The Morgan fingerprint density at radius 2 is 1.92 bits per heavy atom. The van der Waals surface area contributed by atoms with Crippen LogP contribution < -0.4 is 0 Å². The first-order chi connectivity index (χ1) is 12.2. The molecule has 3 aliphatic carbocycles. The molecule has 0 aromatic rings. The molecule has 8 atom stereocenters. The van der Waals surface area contributed by atoms with Crippen LogP contribution in [0, 0.1) is 34.0 Å². The van der Waals surface area contributed by atoms with Crippen LogP contribution in [0.1, 0.15) is 39.5 Å². The van der Waals surface area contributed by atoms with Gasteiger partial charge in [-0.25, -0.2) is 0 Å². The van der Waals surface area contributed by atoms with Crippen molar-refractivity contribution in [3.8, 4) is 0 Å². The SMILES string of the molecule is C=C1C(=O)[C@]23C[C@H]1C[C@H](O)C2[C@@]12CO[C@@H](O)[C@@H]1C(C)(C)CC[C@@H]2OC3=O. The fraction of sp³-hybridized carbons (Fsp3) is 0.800. The summed E-state index contributed by atoms with van der Waals surface area (Å²) >= 11 is 0. The van der Waals surface area contributed by atoms with Gasteiger partial charge in [-0.05, 0) is 42.6 Å². The maximum Gasteiger partial charge on any atom is 0.320 e. The van der Waals surface area contributed by atoms with Crippen LogP contribution in [0.5, 0.6) is 0 Å². The lowest BCUT2D eigenvalue weighted by atomic mass is 9.43. The maximum atomic E-state index is 13.2. The standard InChI is InChI=1S/C20H26O6/c1-9-10-6-11(21)13-19(7-10,15(9)22)17(24)26-12-4-5-18(2,3)14-16(23)25-8-20(12,13)14/h10-14,16,21,23H,1,4-8H2,2-3H3/t10-,11+,12+,13?,14-,16-,19+,20+/m1/s1. The molecule has 2 bridgehead atoms. The highest BCUT2D eigenvalue weighted by atomic mass is 16.6. The average Bonchev–Trinajstić information content (AvgIpc) is 3.01. The van der Waals surface area contributed by atoms with Crippen molar-refractivity contribution >= 4 is 11.8 Å². The Bertz CT molecular complexity index is 728. The molecule has 6 nitrogen and oxygen atoms in total. The summed E-state index contributed by atoms with van der Waals surface area (Å²) in [5.74, 6) is -1.84. The van der Waals surface area contributed by atoms with E-state index < -0.39 is 41.2 Å². The van der Waals surface area contributed by atoms with Gasteiger partial charge in [-0.1, -0.05) is 20.4 Å². The van der Waals surface area contributed by atoms with Gasteiger partial charge in [0.15, 0.2) is 12.1 Å². The fourth-order valence-electron chi connectivity index (χ4n) is 7.35. The summed E-state index contributed by atoms with van der Waals surface area (Å²) in [6.45, 7) is 8.29. The highest BCUT2D eigenvalue weighted by Gasteiger charge is 2.79. The number of esters is 1. The molecular weight excluding hydrogens is 336 g/mol. The van der Waals surface area contributed by atoms with Crippen LogP contribution in [0.15, 0.2) is 12.2 Å². The number of aliphatic hydroxyl groups is 2. The van der Waals surface area contributed by atoms with Crippen molar-refractivity contribution in [2.45, 2.75) is 58.0 Å². The largest absolute Gasteiger partial charge is 0.461 e. The van der Waals surface area contributed by atoms with Crippen molar-refractivity contribution in [3.05, 3.63) is 12.2 Å². The number of allylic oxidation sites excluding steroid dienone is 1. The molecule has 3 saturated carbocycles. The molecule has 0 aromatic carbocycles. The van der Waals surface area contributed by atoms with E-state index in [1.54, 1.807) is 0 Å². The normalized spacial score (nSPS) is 54.4. The molecule has 0 aromatic heterocycles. The summed E-state index contributed by atoms with van der Waals surface area (Å²) in [6.07, 6.45) is 0.0166. The molecular formula is C20H26O6. The van der Waals surface area contributed by atoms with Crippen LogP contribution in [0.4, 0.5) is 0 Å². The number of Topliss-reactive ketones (excluding diaryl/α,β-unsaturated/α-hetero) is 1. The van der Waals surface area contributed by atoms with Crippen LogP contribution in [-0.2, 0) is 19.1 Å². The van der Waals surface area contributed by atoms with E-state index in [0.29, 0.717) is 24.8 Å². The number of ether oxygens (including phenoxy) is 2. The van der Waals surface area contributed by atoms with Crippen LogP contribution in [0.25, 0.3) is 0 Å². The van der Waals surface area contributed by atoms with Crippen molar-refractivity contribution in [2.24, 2.45) is 34.0 Å². The van der Waals surface area contributed by atoms with Crippen LogP contribution >= 0.6 is 0 Å². The van der Waals surface area contributed by atoms with Gasteiger partial charge in [-0.3, -0.25) is 9.59 Å². The van der Waals surface area contributed by atoms with E-state index in [4.69, 9.17) is 9.47 Å². The number of hydrogen-bond acceptors (Lipinski definition) is 6. The Hall–Kier alpha value is -1.24. The predicted octanol–water partition coefficient (Wildman–Crippen LogP) is 1.20. The second-order valence-corrected chi connectivity index (χ2v) is 9.72. The third-order valence-electron chi connectivity index (χ3n) is 8.25. The molecule has 2 N–H and O–H groups in total. The minimum Gasteiger partial charge on any atom is -0.461 e. The van der Waals surface area contributed by atoms with Gasteiger partial charge < -0.3 is 19.7 Å². The minimum atomic E-state index is -1.37. The number of ketones is 1. The molecule has 5 fully saturated rings. The molecule has 1 unspecified atom stereocenters. The summed E-state index contributed by atoms with van der Waals surface area (Å²) in [5.41, 5.74) is -1.91. The second-order valence-electron chi connectivity index (χ2n) is 9.72. The number of hydrogen-bond donors (Lipinski definition) is 2. The molecule has 26 heavy (non-hydrogen) atoms. The monoisotopic (exact) mass is 362 g/mol. The lowest BCUT2D eigenvalue weighted by Gasteiger charge is -2.62. The third-order valence-corrected chi connectivity index (χ3v) is 8.25. The van der Waals surface area contributed by atoms with Crippen LogP contribution in [-0.4, -0.2) is 47.1 Å². The van der Waals surface area contributed by atoms with Crippen molar-refractivity contribution in [2.75, 3.05) is 6.61 Å². The summed E-state index contributed by atoms with van der Waals surface area (Å²) in [7, 11) is 0. The van der Waals surface area contributed by atoms with Crippen molar-refractivity contribution in [1.29, 1.82) is 0 Å². The van der Waals surface area contributed by atoms with E-state index in [9.17, 15) is 19.8 Å². The van der Waals surface area contributed by atoms with Crippen molar-refractivity contribution < 1.29 is 29.3 Å². The highest BCUT2D eigenvalue weighted by Crippen LogP contribution is 2.71. The zero-order valence-electron chi connectivity index (χ0n) is 15.2. The Balaban J connectivity index is 1.75. The molecule has 5 aliphatic rings. The van der Waals surface area contributed by atoms with Gasteiger partial charge >= 0.3 is 5.97 Å². The first-order valence-corrected chi connectivity index (χ1v) is 9.58. The van der Waals surface area contributed by atoms with Gasteiger partial charge in [0.2, 0.25) is 0 Å². The van der Waals surface area contributed by atoms with Gasteiger partial charge in [-0.15, -0.1) is 0 Å². The first kappa shape index (κ1) is 16.9. The third kappa shape index (κ3) is 1.61. The van der Waals surface area contributed by atoms with Crippen molar-refractivity contribution in [1.82, 2.24) is 0 Å². The minimum absolute atomic E-state index is 0.170. The van der Waals surface area contributed by atoms with Crippen molar-refractivity contribution in [3.63, 3.8) is 0 Å². The van der Waals surface area contributed by atoms with E-state index in [0.717, 1.165) is 6.42 Å². The molecule has 2 aliphatic heterocycles. The second kappa shape index (κ2) is 4.78. The molecule has 5 rings (SSSR count). The number of fused-ring (bicyclic) bond motifs is 1. The van der Waals surface area contributed by atoms with E-state index >= 15 is 0 Å². The quantitative estimate of drug-likeness (QED) is 0.382. The number of carbonyl (C=O) groups excluding carboxylic acids is 2.